The molecule has 0 amide bonds. The van der Waals surface area contributed by atoms with E-state index in [0.717, 1.165) is 5.57 Å². The van der Waals surface area contributed by atoms with Crippen LogP contribution in [0.5, 0.6) is 0 Å². The van der Waals surface area contributed by atoms with Crippen molar-refractivity contribution in [3.8, 4) is 0 Å². The van der Waals surface area contributed by atoms with Gasteiger partial charge in [0.15, 0.2) is 5.60 Å². The Hall–Kier alpha value is -1.92. The van der Waals surface area contributed by atoms with Crippen LogP contribution in [0, 0.1) is 5.92 Å². The van der Waals surface area contributed by atoms with Gasteiger partial charge in [0.25, 0.3) is 0 Å². The van der Waals surface area contributed by atoms with Crippen molar-refractivity contribution in [3.63, 3.8) is 0 Å². The van der Waals surface area contributed by atoms with Crippen LogP contribution in [0.2, 0.25) is 0 Å². The third-order valence-corrected chi connectivity index (χ3v) is 5.63. The fourth-order valence-electron chi connectivity index (χ4n) is 3.49. The van der Waals surface area contributed by atoms with E-state index in [1.807, 2.05) is 19.9 Å². The highest BCUT2D eigenvalue weighted by atomic mass is 16.7. The average molecular weight is 362 g/mol. The minimum atomic E-state index is -0.935. The molecule has 0 spiro atoms. The van der Waals surface area contributed by atoms with Gasteiger partial charge in [-0.05, 0) is 45.8 Å². The van der Waals surface area contributed by atoms with Gasteiger partial charge in [0.2, 0.25) is 0 Å². The van der Waals surface area contributed by atoms with E-state index in [-0.39, 0.29) is 11.7 Å². The van der Waals surface area contributed by atoms with Crippen molar-refractivity contribution in [1.82, 2.24) is 0 Å². The molecular weight excluding hydrogens is 336 g/mol. The number of carbonyl (C=O) groups excluding carboxylic acids is 2. The number of hydrogen-bond donors (Lipinski definition) is 1. The summed E-state index contributed by atoms with van der Waals surface area (Å²) >= 11 is 0. The van der Waals surface area contributed by atoms with Gasteiger partial charge in [0.1, 0.15) is 12.2 Å². The Bertz CT molecular complexity index is 705. The molecule has 1 N–H and O–H groups in total. The van der Waals surface area contributed by atoms with Gasteiger partial charge in [-0.15, -0.1) is 0 Å². The fourth-order valence-corrected chi connectivity index (χ4v) is 3.49. The van der Waals surface area contributed by atoms with E-state index >= 15 is 0 Å². The van der Waals surface area contributed by atoms with Gasteiger partial charge in [-0.25, -0.2) is 9.59 Å². The fraction of sp³-hybridized carbons (Fsp3) is 0.600. The predicted molar refractivity (Wildman–Crippen MR) is 94.1 cm³/mol. The monoisotopic (exact) mass is 362 g/mol. The Kier molecular flexibility index (Phi) is 4.84. The largest absolute Gasteiger partial charge is 0.459 e. The van der Waals surface area contributed by atoms with E-state index < -0.39 is 41.8 Å². The van der Waals surface area contributed by atoms with Crippen LogP contribution in [0.1, 0.15) is 40.5 Å². The third-order valence-electron chi connectivity index (χ3n) is 5.63. The van der Waals surface area contributed by atoms with Crippen LogP contribution >= 0.6 is 0 Å². The third kappa shape index (κ3) is 3.35. The number of aliphatic hydroxyl groups excluding tert-OH is 1. The van der Waals surface area contributed by atoms with Crippen molar-refractivity contribution in [2.24, 2.45) is 5.92 Å². The molecule has 0 aromatic heterocycles. The zero-order chi connectivity index (χ0) is 19.2. The van der Waals surface area contributed by atoms with E-state index in [2.05, 4.69) is 6.58 Å². The summed E-state index contributed by atoms with van der Waals surface area (Å²) in [5.74, 6) is -1.43. The average Bonchev–Trinajstić information content (AvgIpc) is 3.09. The molecule has 6 unspecified atom stereocenters. The van der Waals surface area contributed by atoms with Gasteiger partial charge in [0, 0.05) is 12.0 Å². The van der Waals surface area contributed by atoms with Crippen LogP contribution in [-0.4, -0.2) is 47.1 Å². The van der Waals surface area contributed by atoms with E-state index in [1.165, 1.54) is 0 Å². The summed E-state index contributed by atoms with van der Waals surface area (Å²) in [7, 11) is 0. The number of epoxide rings is 1. The molecule has 0 saturated carbocycles. The molecule has 6 atom stereocenters. The summed E-state index contributed by atoms with van der Waals surface area (Å²) < 4.78 is 16.6. The smallest absolute Gasteiger partial charge is 0.341 e. The van der Waals surface area contributed by atoms with Gasteiger partial charge >= 0.3 is 11.9 Å². The maximum atomic E-state index is 12.6. The van der Waals surface area contributed by atoms with Gasteiger partial charge < -0.3 is 19.3 Å². The summed E-state index contributed by atoms with van der Waals surface area (Å²) in [6, 6.07) is 0. The van der Waals surface area contributed by atoms with Crippen LogP contribution in [0.15, 0.2) is 35.5 Å². The molecule has 6 heteroatoms. The minimum Gasteiger partial charge on any atom is -0.459 e. The zero-order valence-corrected chi connectivity index (χ0v) is 15.7. The molecule has 26 heavy (non-hydrogen) atoms. The van der Waals surface area contributed by atoms with Crippen LogP contribution in [0.25, 0.3) is 0 Å². The normalized spacial score (nSPS) is 40.1. The summed E-state index contributed by atoms with van der Waals surface area (Å²) in [4.78, 5) is 24.7. The SMILES string of the molecule is C=C1C(=O)OC2C=C(C)C(O)CC=C(C)CC(OC(=O)C3(C)OC3C)C12. The van der Waals surface area contributed by atoms with Gasteiger partial charge in [0.05, 0.1) is 18.1 Å². The molecule has 0 bridgehead atoms. The Balaban J connectivity index is 1.93. The number of hydrogen-bond acceptors (Lipinski definition) is 6. The Labute approximate surface area is 153 Å². The van der Waals surface area contributed by atoms with Crippen molar-refractivity contribution < 1.29 is 28.9 Å². The van der Waals surface area contributed by atoms with Gasteiger partial charge in [-0.1, -0.05) is 18.2 Å². The van der Waals surface area contributed by atoms with Crippen LogP contribution in [0.4, 0.5) is 0 Å². The van der Waals surface area contributed by atoms with Crippen molar-refractivity contribution >= 4 is 11.9 Å². The molecule has 142 valence electrons. The first-order valence-corrected chi connectivity index (χ1v) is 8.94. The minimum absolute atomic E-state index is 0.191. The molecule has 2 saturated heterocycles. The van der Waals surface area contributed by atoms with E-state index in [0.29, 0.717) is 18.4 Å². The molecule has 3 rings (SSSR count). The molecular formula is C20H26O6. The highest BCUT2D eigenvalue weighted by Crippen LogP contribution is 2.40. The topological polar surface area (TPSA) is 85.4 Å². The number of ether oxygens (including phenoxy) is 3. The highest BCUT2D eigenvalue weighted by molar-refractivity contribution is 5.91. The molecule has 2 aliphatic heterocycles. The van der Waals surface area contributed by atoms with Gasteiger partial charge in [-0.2, -0.15) is 0 Å². The molecule has 3 aliphatic rings. The van der Waals surface area contributed by atoms with Gasteiger partial charge in [-0.3, -0.25) is 0 Å². The lowest BCUT2D eigenvalue weighted by Gasteiger charge is -2.28. The second-order valence-corrected chi connectivity index (χ2v) is 7.65. The molecule has 2 fully saturated rings. The first-order chi connectivity index (χ1) is 12.1. The summed E-state index contributed by atoms with van der Waals surface area (Å²) in [6.45, 7) is 11.1. The number of aliphatic hydroxyl groups is 1. The molecule has 1 aliphatic carbocycles. The molecule has 0 aromatic carbocycles. The Morgan fingerprint density at radius 1 is 1.42 bits per heavy atom. The Morgan fingerprint density at radius 2 is 2.08 bits per heavy atom. The number of carbonyl (C=O) groups is 2. The van der Waals surface area contributed by atoms with Crippen molar-refractivity contribution in [1.29, 1.82) is 0 Å². The quantitative estimate of drug-likeness (QED) is 0.351. The second kappa shape index (κ2) is 6.67. The number of esters is 2. The van der Waals surface area contributed by atoms with Crippen molar-refractivity contribution in [2.45, 2.75) is 70.6 Å². The predicted octanol–water partition coefficient (Wildman–Crippen LogP) is 2.22. The summed E-state index contributed by atoms with van der Waals surface area (Å²) in [6.07, 6.45) is 2.53. The molecule has 0 radical (unpaired) electrons. The number of rotatable bonds is 2. The maximum Gasteiger partial charge on any atom is 0.341 e. The van der Waals surface area contributed by atoms with Crippen LogP contribution in [-0.2, 0) is 23.8 Å². The highest BCUT2D eigenvalue weighted by Gasteiger charge is 2.58. The first-order valence-electron chi connectivity index (χ1n) is 8.94. The van der Waals surface area contributed by atoms with E-state index in [4.69, 9.17) is 14.2 Å². The maximum absolute atomic E-state index is 12.6. The summed E-state index contributed by atoms with van der Waals surface area (Å²) in [5.41, 5.74) is 1.03. The number of fused-ring (bicyclic) bond motifs is 1. The van der Waals surface area contributed by atoms with Crippen molar-refractivity contribution in [3.05, 3.63) is 35.5 Å². The van der Waals surface area contributed by atoms with Crippen molar-refractivity contribution in [2.75, 3.05) is 0 Å². The lowest BCUT2D eigenvalue weighted by Crippen LogP contribution is -2.37. The summed E-state index contributed by atoms with van der Waals surface area (Å²) in [5, 5.41) is 10.2. The van der Waals surface area contributed by atoms with E-state index in [1.54, 1.807) is 19.9 Å². The molecule has 6 nitrogen and oxygen atoms in total. The van der Waals surface area contributed by atoms with E-state index in [9.17, 15) is 14.7 Å². The van der Waals surface area contributed by atoms with Crippen LogP contribution in [0.3, 0.4) is 0 Å². The second-order valence-electron chi connectivity index (χ2n) is 7.65. The lowest BCUT2D eigenvalue weighted by atomic mass is 9.85. The lowest BCUT2D eigenvalue weighted by molar-refractivity contribution is -0.157. The standard InChI is InChI=1S/C20H26O6/c1-10-6-7-14(21)11(2)9-16-17(12(3)18(22)24-16)15(8-10)25-19(23)20(5)13(4)26-20/h6,9,13-17,21H,3,7-8H2,1-2,4-5H3. The zero-order valence-electron chi connectivity index (χ0n) is 15.7. The first kappa shape index (κ1) is 18.9. The molecule has 0 aromatic rings. The molecule has 2 heterocycles. The van der Waals surface area contributed by atoms with Crippen LogP contribution < -0.4 is 0 Å². The Morgan fingerprint density at radius 3 is 2.69 bits per heavy atom.